The summed E-state index contributed by atoms with van der Waals surface area (Å²) in [5, 5.41) is 9.27. The van der Waals surface area contributed by atoms with E-state index >= 15 is 0 Å². The number of hydrogen-bond donors (Lipinski definition) is 1. The Morgan fingerprint density at radius 1 is 1.64 bits per heavy atom. The molecule has 0 saturated carbocycles. The van der Waals surface area contributed by atoms with Gasteiger partial charge in [-0.2, -0.15) is 0 Å². The third kappa shape index (κ3) is 1.87. The minimum absolute atomic E-state index is 0.217. The summed E-state index contributed by atoms with van der Waals surface area (Å²) in [4.78, 5) is 1.02. The first-order chi connectivity index (χ1) is 6.79. The minimum atomic E-state index is 0.217. The predicted octanol–water partition coefficient (Wildman–Crippen LogP) is 2.82. The van der Waals surface area contributed by atoms with Gasteiger partial charge in [-0.15, -0.1) is 18.3 Å². The number of thioether (sulfide) groups is 1. The van der Waals surface area contributed by atoms with Gasteiger partial charge in [-0.3, -0.25) is 0 Å². The molecule has 0 fully saturated rings. The van der Waals surface area contributed by atoms with E-state index in [-0.39, 0.29) is 6.10 Å². The van der Waals surface area contributed by atoms with Crippen molar-refractivity contribution in [1.29, 1.82) is 0 Å². The average molecular weight is 208 g/mol. The van der Waals surface area contributed by atoms with Crippen molar-refractivity contribution in [2.24, 2.45) is 0 Å². The van der Waals surface area contributed by atoms with Gasteiger partial charge in [0.1, 0.15) is 17.6 Å². The van der Waals surface area contributed by atoms with Gasteiger partial charge < -0.3 is 9.84 Å². The highest BCUT2D eigenvalue weighted by molar-refractivity contribution is 7.99. The minimum Gasteiger partial charge on any atom is -0.508 e. The molecule has 0 bridgehead atoms. The van der Waals surface area contributed by atoms with Crippen LogP contribution in [0, 0.1) is 0 Å². The van der Waals surface area contributed by atoms with Gasteiger partial charge in [-0.1, -0.05) is 6.08 Å². The SMILES string of the molecule is C=CC[C@H]1CSc2cc(O)ccc2O1. The molecule has 2 rings (SSSR count). The molecular formula is C11H12O2S. The van der Waals surface area contributed by atoms with Crippen LogP contribution in [0.4, 0.5) is 0 Å². The van der Waals surface area contributed by atoms with Crippen molar-refractivity contribution in [2.75, 3.05) is 5.75 Å². The number of fused-ring (bicyclic) bond motifs is 1. The average Bonchev–Trinajstić information content (AvgIpc) is 2.19. The fourth-order valence-electron chi connectivity index (χ4n) is 1.41. The van der Waals surface area contributed by atoms with Crippen molar-refractivity contribution in [3.63, 3.8) is 0 Å². The third-order valence-corrected chi connectivity index (χ3v) is 3.24. The molecule has 1 aliphatic heterocycles. The largest absolute Gasteiger partial charge is 0.508 e. The van der Waals surface area contributed by atoms with Crippen molar-refractivity contribution in [2.45, 2.75) is 17.4 Å². The van der Waals surface area contributed by atoms with Crippen LogP contribution in [0.3, 0.4) is 0 Å². The van der Waals surface area contributed by atoms with Gasteiger partial charge in [0.05, 0.1) is 4.90 Å². The summed E-state index contributed by atoms with van der Waals surface area (Å²) in [6, 6.07) is 5.20. The molecule has 0 unspecified atom stereocenters. The van der Waals surface area contributed by atoms with E-state index in [1.165, 1.54) is 0 Å². The second-order valence-electron chi connectivity index (χ2n) is 3.21. The fraction of sp³-hybridized carbons (Fsp3) is 0.273. The maximum atomic E-state index is 9.27. The summed E-state index contributed by atoms with van der Waals surface area (Å²) in [5.41, 5.74) is 0. The molecule has 74 valence electrons. The zero-order valence-electron chi connectivity index (χ0n) is 7.77. The van der Waals surface area contributed by atoms with Crippen LogP contribution in [0.2, 0.25) is 0 Å². The molecule has 1 aromatic rings. The van der Waals surface area contributed by atoms with Crippen LogP contribution in [0.5, 0.6) is 11.5 Å². The number of ether oxygens (including phenoxy) is 1. The Morgan fingerprint density at radius 3 is 3.29 bits per heavy atom. The normalized spacial score (nSPS) is 19.6. The van der Waals surface area contributed by atoms with Gasteiger partial charge in [-0.25, -0.2) is 0 Å². The second kappa shape index (κ2) is 3.96. The Morgan fingerprint density at radius 2 is 2.50 bits per heavy atom. The number of hydrogen-bond acceptors (Lipinski definition) is 3. The first kappa shape index (κ1) is 9.46. The second-order valence-corrected chi connectivity index (χ2v) is 4.27. The van der Waals surface area contributed by atoms with Gasteiger partial charge in [0, 0.05) is 12.2 Å². The maximum Gasteiger partial charge on any atom is 0.133 e. The van der Waals surface area contributed by atoms with Gasteiger partial charge in [0.15, 0.2) is 0 Å². The van der Waals surface area contributed by atoms with Crippen LogP contribution in [-0.4, -0.2) is 17.0 Å². The molecule has 0 aromatic heterocycles. The van der Waals surface area contributed by atoms with Crippen LogP contribution in [0.15, 0.2) is 35.7 Å². The Balaban J connectivity index is 2.18. The highest BCUT2D eigenvalue weighted by atomic mass is 32.2. The van der Waals surface area contributed by atoms with Crippen LogP contribution < -0.4 is 4.74 Å². The number of phenols is 1. The molecule has 1 aliphatic rings. The Bertz CT molecular complexity index is 349. The zero-order chi connectivity index (χ0) is 9.97. The standard InChI is InChI=1S/C11H12O2S/c1-2-3-9-7-14-11-6-8(12)4-5-10(11)13-9/h2,4-6,9,12H,1,3,7H2/t9-/m0/s1. The van der Waals surface area contributed by atoms with Crippen molar-refractivity contribution in [1.82, 2.24) is 0 Å². The van der Waals surface area contributed by atoms with E-state index in [9.17, 15) is 5.11 Å². The lowest BCUT2D eigenvalue weighted by Crippen LogP contribution is -2.22. The summed E-state index contributed by atoms with van der Waals surface area (Å²) in [7, 11) is 0. The van der Waals surface area contributed by atoms with Crippen LogP contribution in [0.25, 0.3) is 0 Å². The topological polar surface area (TPSA) is 29.5 Å². The van der Waals surface area contributed by atoms with Gasteiger partial charge >= 0.3 is 0 Å². The summed E-state index contributed by atoms with van der Waals surface area (Å²) in [5.74, 6) is 2.08. The molecule has 1 atom stereocenters. The van der Waals surface area contributed by atoms with E-state index in [2.05, 4.69) is 6.58 Å². The summed E-state index contributed by atoms with van der Waals surface area (Å²) < 4.78 is 5.72. The molecule has 1 heterocycles. The molecule has 0 saturated heterocycles. The molecule has 3 heteroatoms. The van der Waals surface area contributed by atoms with E-state index in [4.69, 9.17) is 4.74 Å². The van der Waals surface area contributed by atoms with Gasteiger partial charge in [-0.05, 0) is 18.2 Å². The highest BCUT2D eigenvalue weighted by Gasteiger charge is 2.19. The van der Waals surface area contributed by atoms with Gasteiger partial charge in [0.25, 0.3) is 0 Å². The van der Waals surface area contributed by atoms with Crippen molar-refractivity contribution in [3.8, 4) is 11.5 Å². The smallest absolute Gasteiger partial charge is 0.133 e. The monoisotopic (exact) mass is 208 g/mol. The molecule has 1 N–H and O–H groups in total. The maximum absolute atomic E-state index is 9.27. The third-order valence-electron chi connectivity index (χ3n) is 2.08. The van der Waals surface area contributed by atoms with Crippen LogP contribution >= 0.6 is 11.8 Å². The van der Waals surface area contributed by atoms with Crippen molar-refractivity contribution >= 4 is 11.8 Å². The highest BCUT2D eigenvalue weighted by Crippen LogP contribution is 2.38. The number of rotatable bonds is 2. The molecule has 1 aromatic carbocycles. The van der Waals surface area contributed by atoms with E-state index in [1.54, 1.807) is 23.9 Å². The van der Waals surface area contributed by atoms with Crippen LogP contribution in [0.1, 0.15) is 6.42 Å². The first-order valence-corrected chi connectivity index (χ1v) is 5.51. The molecule has 0 amide bonds. The van der Waals surface area contributed by atoms with E-state index in [1.807, 2.05) is 12.1 Å². The molecule has 0 spiro atoms. The predicted molar refractivity (Wildman–Crippen MR) is 58.1 cm³/mol. The molecule has 14 heavy (non-hydrogen) atoms. The summed E-state index contributed by atoms with van der Waals surface area (Å²) in [6.45, 7) is 3.70. The molecule has 0 aliphatic carbocycles. The number of aromatic hydroxyl groups is 1. The van der Waals surface area contributed by atoms with Gasteiger partial charge in [0.2, 0.25) is 0 Å². The quantitative estimate of drug-likeness (QED) is 0.758. The van der Waals surface area contributed by atoms with Crippen LogP contribution in [-0.2, 0) is 0 Å². The first-order valence-electron chi connectivity index (χ1n) is 4.53. The number of phenolic OH excluding ortho intramolecular Hbond substituents is 1. The Labute approximate surface area is 87.6 Å². The molecule has 2 nitrogen and oxygen atoms in total. The Kier molecular flexibility index (Phi) is 2.68. The lowest BCUT2D eigenvalue weighted by Gasteiger charge is -2.24. The van der Waals surface area contributed by atoms with E-state index in [0.717, 1.165) is 22.8 Å². The van der Waals surface area contributed by atoms with E-state index < -0.39 is 0 Å². The van der Waals surface area contributed by atoms with Crippen molar-refractivity contribution < 1.29 is 9.84 Å². The summed E-state index contributed by atoms with van der Waals surface area (Å²) >= 11 is 1.72. The molecular weight excluding hydrogens is 196 g/mol. The lowest BCUT2D eigenvalue weighted by atomic mass is 10.2. The Hall–Kier alpha value is -1.09. The molecule has 0 radical (unpaired) electrons. The lowest BCUT2D eigenvalue weighted by molar-refractivity contribution is 0.218. The number of benzene rings is 1. The van der Waals surface area contributed by atoms with Crippen molar-refractivity contribution in [3.05, 3.63) is 30.9 Å². The fourth-order valence-corrected chi connectivity index (χ4v) is 2.44. The summed E-state index contributed by atoms with van der Waals surface area (Å²) in [6.07, 6.45) is 2.96. The zero-order valence-corrected chi connectivity index (χ0v) is 8.59. The van der Waals surface area contributed by atoms with E-state index in [0.29, 0.717) is 5.75 Å².